The van der Waals surface area contributed by atoms with E-state index >= 15 is 0 Å². The van der Waals surface area contributed by atoms with Crippen LogP contribution >= 0.6 is 21.6 Å². The third-order valence-corrected chi connectivity index (χ3v) is 14.3. The summed E-state index contributed by atoms with van der Waals surface area (Å²) in [5.74, 6) is -10.7. The van der Waals surface area contributed by atoms with Gasteiger partial charge in [-0.05, 0) is 55.2 Å². The molecule has 1 aromatic rings. The van der Waals surface area contributed by atoms with Gasteiger partial charge in [0.15, 0.2) is 0 Å². The number of nitrogens with two attached hydrogens (primary N) is 3. The molecule has 2 aliphatic rings. The van der Waals surface area contributed by atoms with Crippen molar-refractivity contribution in [2.24, 2.45) is 29.0 Å². The summed E-state index contributed by atoms with van der Waals surface area (Å²) < 4.78 is 5.26. The summed E-state index contributed by atoms with van der Waals surface area (Å²) in [6.45, 7) is 7.75. The maximum Gasteiger partial charge on any atom is 0.246 e. The zero-order chi connectivity index (χ0) is 54.5. The Morgan fingerprint density at radius 3 is 1.99 bits per heavy atom. The molecule has 1 aromatic carbocycles. The molecule has 404 valence electrons. The zero-order valence-electron chi connectivity index (χ0n) is 41.9. The fourth-order valence-electron chi connectivity index (χ4n) is 7.81. The molecule has 3 rings (SSSR count). The lowest BCUT2D eigenvalue weighted by atomic mass is 9.96. The number of amides is 12. The molecule has 12 amide bonds. The minimum atomic E-state index is -1.78. The van der Waals surface area contributed by atoms with E-state index in [9.17, 15) is 57.5 Å². The third-order valence-electron chi connectivity index (χ3n) is 11.9. The second kappa shape index (κ2) is 29.8. The normalized spacial score (nSPS) is 23.5. The molecule has 14 N–H and O–H groups in total. The molecular weight excluding hydrogens is 993 g/mol. The fourth-order valence-corrected chi connectivity index (χ4v) is 10.1. The van der Waals surface area contributed by atoms with E-state index in [1.54, 1.807) is 38.1 Å². The molecular formula is C46H70N12O13S2. The molecule has 2 heterocycles. The van der Waals surface area contributed by atoms with Crippen LogP contribution in [-0.4, -0.2) is 156 Å². The Hall–Kier alpha value is -6.64. The summed E-state index contributed by atoms with van der Waals surface area (Å²) in [5.41, 5.74) is 16.7. The van der Waals surface area contributed by atoms with Crippen LogP contribution < -0.4 is 64.5 Å². The highest BCUT2D eigenvalue weighted by Gasteiger charge is 2.41. The van der Waals surface area contributed by atoms with Crippen LogP contribution in [0.5, 0.6) is 5.75 Å². The van der Waals surface area contributed by atoms with Gasteiger partial charge in [-0.3, -0.25) is 57.5 Å². The smallest absolute Gasteiger partial charge is 0.246 e. The Morgan fingerprint density at radius 1 is 0.781 bits per heavy atom. The number of primary amides is 3. The van der Waals surface area contributed by atoms with Gasteiger partial charge in [-0.15, -0.1) is 0 Å². The standard InChI is InChI=1S/C46H70N12O13S2/c1-7-24(4)38-45(69)52-28(14-15-35(47)60)40(64)54-31(19-36(48)61)41(65)56-33(46(70)58-16-8-9-34(58)44(68)55-29(17-23(2)3)39(63)50-20-37(49)62)22-73-72-21-32(51-25(5)59)43(67)53-30(42(66)57-38)18-26-10-12-27(71-6)13-11-26/h10-13,23-24,28-34,38H,7-9,14-22H2,1-6H3,(H2,47,60)(H2,48,61)(H2,49,62)(H,50,63)(H,51,59)(H,52,69)(H,53,67)(H,54,64)(H,55,68)(H,56,65)(H,57,66)/t24-,28-,29-,30-,31-,32-,33-,34-,38?/m0/s1. The number of carbonyl (C=O) groups is 12. The van der Waals surface area contributed by atoms with Gasteiger partial charge in [0, 0.05) is 37.8 Å². The predicted octanol–water partition coefficient (Wildman–Crippen LogP) is -3.13. The summed E-state index contributed by atoms with van der Waals surface area (Å²) in [4.78, 5) is 162. The van der Waals surface area contributed by atoms with Gasteiger partial charge in [0.25, 0.3) is 0 Å². The van der Waals surface area contributed by atoms with Crippen LogP contribution in [0, 0.1) is 11.8 Å². The van der Waals surface area contributed by atoms with Gasteiger partial charge in [-0.1, -0.05) is 67.8 Å². The number of methoxy groups -OCH3 is 1. The van der Waals surface area contributed by atoms with E-state index in [0.717, 1.165) is 21.6 Å². The van der Waals surface area contributed by atoms with Gasteiger partial charge >= 0.3 is 0 Å². The molecule has 0 spiro atoms. The van der Waals surface area contributed by atoms with E-state index in [1.165, 1.54) is 18.9 Å². The van der Waals surface area contributed by atoms with Crippen molar-refractivity contribution in [3.05, 3.63) is 29.8 Å². The Labute approximate surface area is 431 Å². The van der Waals surface area contributed by atoms with Crippen molar-refractivity contribution in [1.29, 1.82) is 0 Å². The SMILES string of the molecule is CC[C@H](C)C1NC(=O)[C@H](Cc2ccc(OC)cc2)NC(=O)[C@@H](NC(C)=O)CSSC[C@@H](C(=O)N2CCC[C@H]2C(=O)N[C@@H](CC(C)C)C(=O)NCC(N)=O)NC(=O)[C@H](CC(N)=O)NC(=O)[C@H](CCC(N)=O)NC1=O. The molecule has 2 aliphatic heterocycles. The monoisotopic (exact) mass is 1060 g/mol. The van der Waals surface area contributed by atoms with Crippen molar-refractivity contribution in [2.75, 3.05) is 31.7 Å². The number of hydrogen-bond donors (Lipinski definition) is 11. The lowest BCUT2D eigenvalue weighted by Crippen LogP contribution is -2.62. The summed E-state index contributed by atoms with van der Waals surface area (Å²) in [6.07, 6.45) is -0.790. The minimum absolute atomic E-state index is 0.0280. The molecule has 1 unspecified atom stereocenters. The zero-order valence-corrected chi connectivity index (χ0v) is 43.5. The van der Waals surface area contributed by atoms with E-state index in [4.69, 9.17) is 21.9 Å². The molecule has 9 atom stereocenters. The maximum atomic E-state index is 14.6. The average molecular weight is 1060 g/mol. The highest BCUT2D eigenvalue weighted by atomic mass is 33.1. The topological polar surface area (TPSA) is 392 Å². The van der Waals surface area contributed by atoms with Gasteiger partial charge in [0.1, 0.15) is 54.1 Å². The molecule has 0 radical (unpaired) electrons. The van der Waals surface area contributed by atoms with E-state index < -0.39 is 151 Å². The lowest BCUT2D eigenvalue weighted by molar-refractivity contribution is -0.142. The van der Waals surface area contributed by atoms with Crippen molar-refractivity contribution >= 4 is 92.5 Å². The molecule has 2 fully saturated rings. The van der Waals surface area contributed by atoms with E-state index in [0.29, 0.717) is 24.2 Å². The fraction of sp³-hybridized carbons (Fsp3) is 0.609. The number of hydrogen-bond acceptors (Lipinski definition) is 15. The van der Waals surface area contributed by atoms with Gasteiger partial charge < -0.3 is 69.4 Å². The highest BCUT2D eigenvalue weighted by Crippen LogP contribution is 2.26. The Morgan fingerprint density at radius 2 is 1.40 bits per heavy atom. The van der Waals surface area contributed by atoms with Crippen molar-refractivity contribution in [3.63, 3.8) is 0 Å². The van der Waals surface area contributed by atoms with E-state index in [1.807, 2.05) is 13.8 Å². The van der Waals surface area contributed by atoms with Gasteiger partial charge in [0.05, 0.1) is 20.1 Å². The summed E-state index contributed by atoms with van der Waals surface area (Å²) in [5, 5.41) is 20.5. The van der Waals surface area contributed by atoms with Gasteiger partial charge in [0.2, 0.25) is 70.9 Å². The van der Waals surface area contributed by atoms with Crippen LogP contribution in [0.15, 0.2) is 24.3 Å². The number of nitrogens with one attached hydrogen (secondary N) is 8. The van der Waals surface area contributed by atoms with Crippen molar-refractivity contribution in [3.8, 4) is 5.75 Å². The van der Waals surface area contributed by atoms with Gasteiger partial charge in [-0.25, -0.2) is 0 Å². The van der Waals surface area contributed by atoms with Crippen LogP contribution in [0.2, 0.25) is 0 Å². The summed E-state index contributed by atoms with van der Waals surface area (Å²) in [6, 6.07) is -4.49. The first kappa shape index (κ1) is 60.7. The average Bonchev–Trinajstić information content (AvgIpc) is 3.83. The van der Waals surface area contributed by atoms with Crippen molar-refractivity contribution in [1.82, 2.24) is 47.4 Å². The summed E-state index contributed by atoms with van der Waals surface area (Å²) >= 11 is 0. The molecule has 0 aliphatic carbocycles. The molecule has 0 saturated carbocycles. The van der Waals surface area contributed by atoms with Crippen LogP contribution in [0.3, 0.4) is 0 Å². The molecule has 27 heteroatoms. The first-order valence-electron chi connectivity index (χ1n) is 23.8. The number of ether oxygens (including phenoxy) is 1. The number of likely N-dealkylation sites (tertiary alicyclic amines) is 1. The number of carbonyl (C=O) groups excluding carboxylic acids is 12. The van der Waals surface area contributed by atoms with Gasteiger partial charge in [-0.2, -0.15) is 0 Å². The van der Waals surface area contributed by atoms with Crippen LogP contribution in [-0.2, 0) is 64.0 Å². The Bertz CT molecular complexity index is 2190. The molecule has 0 aromatic heterocycles. The largest absolute Gasteiger partial charge is 0.497 e. The van der Waals surface area contributed by atoms with E-state index in [-0.39, 0.29) is 43.2 Å². The second-order valence-corrected chi connectivity index (χ2v) is 20.8. The van der Waals surface area contributed by atoms with Crippen LogP contribution in [0.25, 0.3) is 0 Å². The highest BCUT2D eigenvalue weighted by molar-refractivity contribution is 8.76. The summed E-state index contributed by atoms with van der Waals surface area (Å²) in [7, 11) is 3.46. The quantitative estimate of drug-likeness (QED) is 0.0611. The Balaban J connectivity index is 2.12. The minimum Gasteiger partial charge on any atom is -0.497 e. The number of rotatable bonds is 19. The lowest BCUT2D eigenvalue weighted by Gasteiger charge is -2.31. The van der Waals surface area contributed by atoms with Crippen molar-refractivity contribution in [2.45, 2.75) is 134 Å². The van der Waals surface area contributed by atoms with Crippen molar-refractivity contribution < 1.29 is 62.3 Å². The van der Waals surface area contributed by atoms with Crippen LogP contribution in [0.1, 0.15) is 85.1 Å². The number of benzene rings is 1. The molecule has 2 saturated heterocycles. The molecule has 25 nitrogen and oxygen atoms in total. The predicted molar refractivity (Wildman–Crippen MR) is 269 cm³/mol. The molecule has 73 heavy (non-hydrogen) atoms. The van der Waals surface area contributed by atoms with E-state index in [2.05, 4.69) is 42.5 Å². The van der Waals surface area contributed by atoms with Crippen LogP contribution in [0.4, 0.5) is 0 Å². The maximum absolute atomic E-state index is 14.6. The third kappa shape index (κ3) is 20.1. The Kier molecular flexibility index (Phi) is 24.7. The molecule has 0 bridgehead atoms. The first-order valence-corrected chi connectivity index (χ1v) is 26.3. The second-order valence-electron chi connectivity index (χ2n) is 18.2. The first-order chi connectivity index (χ1) is 34.4. The number of nitrogens with zero attached hydrogens (tertiary/aromatic N) is 1.